The van der Waals surface area contributed by atoms with E-state index in [0.29, 0.717) is 18.9 Å². The van der Waals surface area contributed by atoms with Crippen LogP contribution in [-0.4, -0.2) is 36.2 Å². The molecule has 0 saturated heterocycles. The fourth-order valence-electron chi connectivity index (χ4n) is 1.44. The number of likely N-dealkylation sites (N-methyl/N-ethyl adjacent to an activating group) is 1. The molecule has 3 N–H and O–H groups in total. The van der Waals surface area contributed by atoms with Crippen molar-refractivity contribution in [3.05, 3.63) is 17.8 Å². The largest absolute Gasteiger partial charge is 0.355 e. The number of aromatic nitrogens is 2. The number of carbonyl (C=O) groups is 1. The maximum absolute atomic E-state index is 11.6. The average molecular weight is 237 g/mol. The standard InChI is InChI=1S/C11H19N5O/c1-3-5-13-10(17)8-16(2)11-9(7-12)4-6-14-15-11/h4,6H,3,5,7-8,12H2,1-2H3,(H,13,17). The summed E-state index contributed by atoms with van der Waals surface area (Å²) >= 11 is 0. The van der Waals surface area contributed by atoms with Crippen LogP contribution in [0, 0.1) is 0 Å². The van der Waals surface area contributed by atoms with Crippen molar-refractivity contribution in [2.75, 3.05) is 25.0 Å². The summed E-state index contributed by atoms with van der Waals surface area (Å²) in [5, 5.41) is 10.6. The Morgan fingerprint density at radius 1 is 1.59 bits per heavy atom. The second kappa shape index (κ2) is 6.80. The number of anilines is 1. The van der Waals surface area contributed by atoms with Gasteiger partial charge < -0.3 is 16.0 Å². The number of amides is 1. The molecule has 6 nitrogen and oxygen atoms in total. The van der Waals surface area contributed by atoms with E-state index in [9.17, 15) is 4.79 Å². The van der Waals surface area contributed by atoms with Gasteiger partial charge in [-0.25, -0.2) is 0 Å². The molecular weight excluding hydrogens is 218 g/mol. The molecular formula is C11H19N5O. The number of nitrogens with one attached hydrogen (secondary N) is 1. The molecule has 0 unspecified atom stereocenters. The molecule has 1 aromatic heterocycles. The van der Waals surface area contributed by atoms with Crippen molar-refractivity contribution in [1.29, 1.82) is 0 Å². The normalized spacial score (nSPS) is 10.1. The summed E-state index contributed by atoms with van der Waals surface area (Å²) in [6.07, 6.45) is 2.52. The minimum atomic E-state index is -0.0250. The van der Waals surface area contributed by atoms with Crippen LogP contribution in [0.25, 0.3) is 0 Å². The first kappa shape index (κ1) is 13.4. The van der Waals surface area contributed by atoms with Crippen molar-refractivity contribution in [1.82, 2.24) is 15.5 Å². The van der Waals surface area contributed by atoms with Gasteiger partial charge in [0.05, 0.1) is 12.7 Å². The lowest BCUT2D eigenvalue weighted by Gasteiger charge is -2.19. The van der Waals surface area contributed by atoms with Gasteiger partial charge in [0.2, 0.25) is 5.91 Å². The number of nitrogens with two attached hydrogens (primary N) is 1. The molecule has 17 heavy (non-hydrogen) atoms. The Bertz CT molecular complexity index is 369. The summed E-state index contributed by atoms with van der Waals surface area (Å²) in [5.41, 5.74) is 6.48. The number of carbonyl (C=O) groups excluding carboxylic acids is 1. The molecule has 0 aliphatic heterocycles. The maximum atomic E-state index is 11.6. The first-order chi connectivity index (χ1) is 8.19. The lowest BCUT2D eigenvalue weighted by Crippen LogP contribution is -2.36. The third kappa shape index (κ3) is 3.99. The predicted octanol–water partition coefficient (Wildman–Crippen LogP) is -0.102. The van der Waals surface area contributed by atoms with E-state index in [4.69, 9.17) is 5.73 Å². The highest BCUT2D eigenvalue weighted by molar-refractivity contribution is 5.81. The van der Waals surface area contributed by atoms with Crippen molar-refractivity contribution >= 4 is 11.7 Å². The van der Waals surface area contributed by atoms with E-state index in [-0.39, 0.29) is 12.5 Å². The molecule has 1 heterocycles. The second-order valence-corrected chi connectivity index (χ2v) is 3.79. The van der Waals surface area contributed by atoms with E-state index in [1.807, 2.05) is 13.0 Å². The summed E-state index contributed by atoms with van der Waals surface area (Å²) in [6, 6.07) is 1.81. The Morgan fingerprint density at radius 3 is 3.00 bits per heavy atom. The zero-order valence-corrected chi connectivity index (χ0v) is 10.3. The van der Waals surface area contributed by atoms with Crippen LogP contribution in [0.2, 0.25) is 0 Å². The fraction of sp³-hybridized carbons (Fsp3) is 0.545. The molecule has 6 heteroatoms. The SMILES string of the molecule is CCCNC(=O)CN(C)c1nnccc1CN. The fourth-order valence-corrected chi connectivity index (χ4v) is 1.44. The molecule has 1 aromatic rings. The Morgan fingerprint density at radius 2 is 2.35 bits per heavy atom. The van der Waals surface area contributed by atoms with Crippen LogP contribution in [-0.2, 0) is 11.3 Å². The van der Waals surface area contributed by atoms with E-state index in [1.165, 1.54) is 0 Å². The van der Waals surface area contributed by atoms with Gasteiger partial charge in [-0.15, -0.1) is 5.10 Å². The van der Waals surface area contributed by atoms with Crippen molar-refractivity contribution in [3.63, 3.8) is 0 Å². The molecule has 0 bridgehead atoms. The lowest BCUT2D eigenvalue weighted by molar-refractivity contribution is -0.119. The van der Waals surface area contributed by atoms with Gasteiger partial charge in [-0.2, -0.15) is 5.10 Å². The van der Waals surface area contributed by atoms with E-state index in [0.717, 1.165) is 12.0 Å². The summed E-state index contributed by atoms with van der Waals surface area (Å²) in [5.74, 6) is 0.629. The zero-order valence-electron chi connectivity index (χ0n) is 10.3. The molecule has 0 aliphatic rings. The predicted molar refractivity (Wildman–Crippen MR) is 66.5 cm³/mol. The van der Waals surface area contributed by atoms with Crippen LogP contribution >= 0.6 is 0 Å². The molecule has 0 saturated carbocycles. The Hall–Kier alpha value is -1.69. The van der Waals surface area contributed by atoms with Crippen molar-refractivity contribution in [2.45, 2.75) is 19.9 Å². The van der Waals surface area contributed by atoms with Crippen molar-refractivity contribution in [3.8, 4) is 0 Å². The molecule has 0 aromatic carbocycles. The van der Waals surface area contributed by atoms with Gasteiger partial charge in [0, 0.05) is 25.7 Å². The van der Waals surface area contributed by atoms with Crippen LogP contribution in [0.5, 0.6) is 0 Å². The lowest BCUT2D eigenvalue weighted by atomic mass is 10.2. The first-order valence-corrected chi connectivity index (χ1v) is 5.67. The molecule has 0 radical (unpaired) electrons. The number of hydrogen-bond donors (Lipinski definition) is 2. The van der Waals surface area contributed by atoms with E-state index >= 15 is 0 Å². The molecule has 1 amide bonds. The minimum absolute atomic E-state index is 0.0250. The highest BCUT2D eigenvalue weighted by Gasteiger charge is 2.11. The Balaban J connectivity index is 2.62. The summed E-state index contributed by atoms with van der Waals surface area (Å²) in [6.45, 7) is 3.34. The molecule has 0 fully saturated rings. The number of hydrogen-bond acceptors (Lipinski definition) is 5. The monoisotopic (exact) mass is 237 g/mol. The molecule has 0 atom stereocenters. The second-order valence-electron chi connectivity index (χ2n) is 3.79. The van der Waals surface area contributed by atoms with Gasteiger partial charge in [0.15, 0.2) is 5.82 Å². The summed E-state index contributed by atoms with van der Waals surface area (Å²) in [4.78, 5) is 13.3. The quantitative estimate of drug-likeness (QED) is 0.721. The Labute approximate surface area is 101 Å². The van der Waals surface area contributed by atoms with Crippen molar-refractivity contribution in [2.24, 2.45) is 5.73 Å². The van der Waals surface area contributed by atoms with Crippen LogP contribution in [0.3, 0.4) is 0 Å². The highest BCUT2D eigenvalue weighted by atomic mass is 16.2. The smallest absolute Gasteiger partial charge is 0.239 e. The van der Waals surface area contributed by atoms with Gasteiger partial charge in [-0.05, 0) is 12.5 Å². The molecule has 0 spiro atoms. The van der Waals surface area contributed by atoms with E-state index in [2.05, 4.69) is 15.5 Å². The number of nitrogens with zero attached hydrogens (tertiary/aromatic N) is 3. The summed E-state index contributed by atoms with van der Waals surface area (Å²) < 4.78 is 0. The number of rotatable bonds is 6. The zero-order chi connectivity index (χ0) is 12.7. The third-order valence-corrected chi connectivity index (χ3v) is 2.32. The Kier molecular flexibility index (Phi) is 5.35. The topological polar surface area (TPSA) is 84.1 Å². The van der Waals surface area contributed by atoms with E-state index < -0.39 is 0 Å². The first-order valence-electron chi connectivity index (χ1n) is 5.67. The van der Waals surface area contributed by atoms with Gasteiger partial charge in [0.25, 0.3) is 0 Å². The summed E-state index contributed by atoms with van der Waals surface area (Å²) in [7, 11) is 1.80. The minimum Gasteiger partial charge on any atom is -0.355 e. The van der Waals surface area contributed by atoms with E-state index in [1.54, 1.807) is 18.1 Å². The van der Waals surface area contributed by atoms with Crippen LogP contribution in [0.4, 0.5) is 5.82 Å². The third-order valence-electron chi connectivity index (χ3n) is 2.32. The highest BCUT2D eigenvalue weighted by Crippen LogP contribution is 2.13. The average Bonchev–Trinajstić information content (AvgIpc) is 2.36. The van der Waals surface area contributed by atoms with Crippen LogP contribution < -0.4 is 16.0 Å². The van der Waals surface area contributed by atoms with Gasteiger partial charge in [-0.1, -0.05) is 6.92 Å². The maximum Gasteiger partial charge on any atom is 0.239 e. The van der Waals surface area contributed by atoms with Gasteiger partial charge >= 0.3 is 0 Å². The van der Waals surface area contributed by atoms with Crippen LogP contribution in [0.15, 0.2) is 12.3 Å². The van der Waals surface area contributed by atoms with Gasteiger partial charge in [-0.3, -0.25) is 4.79 Å². The molecule has 1 rings (SSSR count). The van der Waals surface area contributed by atoms with Gasteiger partial charge in [0.1, 0.15) is 0 Å². The molecule has 0 aliphatic carbocycles. The molecule has 94 valence electrons. The van der Waals surface area contributed by atoms with Crippen molar-refractivity contribution < 1.29 is 4.79 Å². The van der Waals surface area contributed by atoms with Crippen LogP contribution in [0.1, 0.15) is 18.9 Å².